The molecule has 164 valence electrons. The lowest BCUT2D eigenvalue weighted by molar-refractivity contribution is -0.162. The van der Waals surface area contributed by atoms with Gasteiger partial charge in [0.1, 0.15) is 0 Å². The van der Waals surface area contributed by atoms with E-state index in [1.807, 2.05) is 0 Å². The van der Waals surface area contributed by atoms with Gasteiger partial charge in [0.05, 0.1) is 6.61 Å². The van der Waals surface area contributed by atoms with Crippen molar-refractivity contribution in [1.82, 2.24) is 0 Å². The first-order valence-electron chi connectivity index (χ1n) is 12.5. The lowest BCUT2D eigenvalue weighted by Gasteiger charge is -2.22. The number of hydrogen-bond donors (Lipinski definition) is 0. The molecule has 1 aliphatic heterocycles. The predicted octanol–water partition coefficient (Wildman–Crippen LogP) is 8.51. The van der Waals surface area contributed by atoms with Crippen LogP contribution in [-0.2, 0) is 9.47 Å². The number of ether oxygens (including phenoxy) is 2. The molecule has 0 aromatic carbocycles. The summed E-state index contributed by atoms with van der Waals surface area (Å²) in [5.41, 5.74) is 0. The Morgan fingerprint density at radius 2 is 1.25 bits per heavy atom. The van der Waals surface area contributed by atoms with Gasteiger partial charge in [-0.25, -0.2) is 0 Å². The Kier molecular flexibility index (Phi) is 19.2. The van der Waals surface area contributed by atoms with Gasteiger partial charge in [0.2, 0.25) is 0 Å². The highest BCUT2D eigenvalue weighted by molar-refractivity contribution is 4.88. The summed E-state index contributed by atoms with van der Waals surface area (Å²) in [6, 6.07) is 0. The van der Waals surface area contributed by atoms with E-state index in [0.717, 1.165) is 32.5 Å². The van der Waals surface area contributed by atoms with Crippen LogP contribution in [0.25, 0.3) is 0 Å². The van der Waals surface area contributed by atoms with Crippen molar-refractivity contribution in [2.45, 2.75) is 129 Å². The second kappa shape index (κ2) is 21.1. The van der Waals surface area contributed by atoms with Gasteiger partial charge < -0.3 is 9.47 Å². The van der Waals surface area contributed by atoms with Crippen LogP contribution >= 0.6 is 0 Å². The summed E-state index contributed by atoms with van der Waals surface area (Å²) in [7, 11) is 0. The largest absolute Gasteiger partial charge is 0.353 e. The molecular formula is C26H48O2. The third-order valence-electron chi connectivity index (χ3n) is 5.51. The van der Waals surface area contributed by atoms with Crippen LogP contribution in [0, 0.1) is 0 Å². The van der Waals surface area contributed by atoms with Gasteiger partial charge in [-0.15, -0.1) is 0 Å². The zero-order valence-electron chi connectivity index (χ0n) is 18.8. The second-order valence-electron chi connectivity index (χ2n) is 8.30. The van der Waals surface area contributed by atoms with E-state index in [4.69, 9.17) is 9.47 Å². The van der Waals surface area contributed by atoms with Crippen molar-refractivity contribution in [2.75, 3.05) is 13.2 Å². The standard InChI is InChI=1S/C26H48O2/c1-2-3-4-5-6-7-8-9-10-11-12-13-14-15-16-17-18-19-21-24-27-26-23-20-22-25-28-26/h13-14,17-18,26H,2-12,15-16,19-25H2,1H3. The van der Waals surface area contributed by atoms with Crippen LogP contribution < -0.4 is 0 Å². The smallest absolute Gasteiger partial charge is 0.157 e. The highest BCUT2D eigenvalue weighted by Crippen LogP contribution is 2.14. The molecule has 0 bridgehead atoms. The van der Waals surface area contributed by atoms with Crippen LogP contribution in [0.15, 0.2) is 24.3 Å². The molecule has 1 heterocycles. The highest BCUT2D eigenvalue weighted by Gasteiger charge is 2.12. The Hall–Kier alpha value is -0.600. The fraction of sp³-hybridized carbons (Fsp3) is 0.846. The predicted molar refractivity (Wildman–Crippen MR) is 123 cm³/mol. The molecule has 1 aliphatic rings. The Morgan fingerprint density at radius 1 is 0.679 bits per heavy atom. The van der Waals surface area contributed by atoms with E-state index in [0.29, 0.717) is 0 Å². The maximum Gasteiger partial charge on any atom is 0.157 e. The third kappa shape index (κ3) is 17.5. The number of hydrogen-bond acceptors (Lipinski definition) is 2. The van der Waals surface area contributed by atoms with Crippen LogP contribution in [0.1, 0.15) is 122 Å². The Labute approximate surface area is 176 Å². The van der Waals surface area contributed by atoms with E-state index in [9.17, 15) is 0 Å². The molecular weight excluding hydrogens is 344 g/mol. The first kappa shape index (κ1) is 25.4. The average molecular weight is 393 g/mol. The maximum absolute atomic E-state index is 5.75. The van der Waals surface area contributed by atoms with Crippen LogP contribution in [0.2, 0.25) is 0 Å². The first-order chi connectivity index (χ1) is 13.9. The van der Waals surface area contributed by atoms with Gasteiger partial charge >= 0.3 is 0 Å². The lowest BCUT2D eigenvalue weighted by atomic mass is 10.1. The molecule has 0 aromatic heterocycles. The Morgan fingerprint density at radius 3 is 1.86 bits per heavy atom. The van der Waals surface area contributed by atoms with Crippen molar-refractivity contribution >= 4 is 0 Å². The van der Waals surface area contributed by atoms with Gasteiger partial charge in [0.25, 0.3) is 0 Å². The normalized spacial score (nSPS) is 17.8. The summed E-state index contributed by atoms with van der Waals surface area (Å²) in [4.78, 5) is 0. The minimum Gasteiger partial charge on any atom is -0.353 e. The van der Waals surface area contributed by atoms with E-state index in [1.54, 1.807) is 0 Å². The number of rotatable bonds is 19. The molecule has 2 heteroatoms. The minimum absolute atomic E-state index is 0.0680. The first-order valence-corrected chi connectivity index (χ1v) is 12.5. The van der Waals surface area contributed by atoms with Gasteiger partial charge in [0, 0.05) is 6.61 Å². The molecule has 1 fully saturated rings. The summed E-state index contributed by atoms with van der Waals surface area (Å²) in [5.74, 6) is 0. The number of unbranched alkanes of at least 4 members (excludes halogenated alkanes) is 12. The monoisotopic (exact) mass is 392 g/mol. The Balaban J connectivity index is 1.74. The van der Waals surface area contributed by atoms with E-state index < -0.39 is 0 Å². The summed E-state index contributed by atoms with van der Waals surface area (Å²) < 4.78 is 11.3. The molecule has 0 N–H and O–H groups in total. The average Bonchev–Trinajstić information content (AvgIpc) is 2.73. The number of allylic oxidation sites excluding steroid dienone is 4. The third-order valence-corrected chi connectivity index (χ3v) is 5.51. The van der Waals surface area contributed by atoms with Gasteiger partial charge in [-0.05, 0) is 57.8 Å². The topological polar surface area (TPSA) is 18.5 Å². The molecule has 28 heavy (non-hydrogen) atoms. The van der Waals surface area contributed by atoms with Crippen molar-refractivity contribution in [3.8, 4) is 0 Å². The van der Waals surface area contributed by atoms with Crippen molar-refractivity contribution in [3.05, 3.63) is 24.3 Å². The van der Waals surface area contributed by atoms with Crippen LogP contribution in [0.4, 0.5) is 0 Å². The Bertz CT molecular complexity index is 355. The van der Waals surface area contributed by atoms with Crippen molar-refractivity contribution < 1.29 is 9.47 Å². The van der Waals surface area contributed by atoms with Crippen LogP contribution in [0.5, 0.6) is 0 Å². The van der Waals surface area contributed by atoms with E-state index in [-0.39, 0.29) is 6.29 Å². The van der Waals surface area contributed by atoms with Crippen LogP contribution in [0.3, 0.4) is 0 Å². The summed E-state index contributed by atoms with van der Waals surface area (Å²) >= 11 is 0. The molecule has 1 rings (SSSR count). The highest BCUT2D eigenvalue weighted by atomic mass is 16.7. The SMILES string of the molecule is CCCCCCCCCCCCC=CCCC=CCCCOC1CCCCO1. The zero-order chi connectivity index (χ0) is 20.0. The van der Waals surface area contributed by atoms with Crippen LogP contribution in [-0.4, -0.2) is 19.5 Å². The van der Waals surface area contributed by atoms with Gasteiger partial charge in [-0.2, -0.15) is 0 Å². The summed E-state index contributed by atoms with van der Waals surface area (Å²) in [6.45, 7) is 3.99. The summed E-state index contributed by atoms with van der Waals surface area (Å²) in [6.07, 6.45) is 33.0. The molecule has 0 aliphatic carbocycles. The molecule has 0 saturated carbocycles. The fourth-order valence-corrected chi connectivity index (χ4v) is 3.67. The van der Waals surface area contributed by atoms with E-state index >= 15 is 0 Å². The van der Waals surface area contributed by atoms with Crippen molar-refractivity contribution in [3.63, 3.8) is 0 Å². The van der Waals surface area contributed by atoms with Crippen molar-refractivity contribution in [1.29, 1.82) is 0 Å². The molecule has 0 radical (unpaired) electrons. The van der Waals surface area contributed by atoms with Crippen molar-refractivity contribution in [2.24, 2.45) is 0 Å². The molecule has 1 unspecified atom stereocenters. The quantitative estimate of drug-likeness (QED) is 0.162. The van der Waals surface area contributed by atoms with Gasteiger partial charge in [-0.1, -0.05) is 89.0 Å². The fourth-order valence-electron chi connectivity index (χ4n) is 3.67. The molecule has 2 nitrogen and oxygen atoms in total. The maximum atomic E-state index is 5.75. The second-order valence-corrected chi connectivity index (χ2v) is 8.30. The molecule has 0 spiro atoms. The van der Waals surface area contributed by atoms with Gasteiger partial charge in [0.15, 0.2) is 6.29 Å². The van der Waals surface area contributed by atoms with E-state index in [1.165, 1.54) is 96.3 Å². The zero-order valence-corrected chi connectivity index (χ0v) is 18.8. The molecule has 1 atom stereocenters. The minimum atomic E-state index is 0.0680. The van der Waals surface area contributed by atoms with E-state index in [2.05, 4.69) is 31.2 Å². The summed E-state index contributed by atoms with van der Waals surface area (Å²) in [5, 5.41) is 0. The van der Waals surface area contributed by atoms with Gasteiger partial charge in [-0.3, -0.25) is 0 Å². The molecule has 0 aromatic rings. The molecule has 0 amide bonds. The lowest BCUT2D eigenvalue weighted by Crippen LogP contribution is -2.22. The molecule has 1 saturated heterocycles.